The number of ether oxygens (including phenoxy) is 2. The molecule has 1 aliphatic heterocycles. The lowest BCUT2D eigenvalue weighted by molar-refractivity contribution is -0.384. The van der Waals surface area contributed by atoms with Crippen LogP contribution in [-0.4, -0.2) is 24.0 Å². The number of hydrogen-bond donors (Lipinski definition) is 1. The maximum atomic E-state index is 12.2. The average molecular weight is 407 g/mol. The Morgan fingerprint density at radius 1 is 1.36 bits per heavy atom. The van der Waals surface area contributed by atoms with Gasteiger partial charge in [-0.15, -0.1) is 0 Å². The van der Waals surface area contributed by atoms with E-state index < -0.39 is 4.92 Å². The quantitative estimate of drug-likeness (QED) is 0.606. The number of para-hydroxylation sites is 1. The molecule has 0 unspecified atom stereocenters. The summed E-state index contributed by atoms with van der Waals surface area (Å²) in [6.07, 6.45) is 0.659. The minimum absolute atomic E-state index is 0.0823. The van der Waals surface area contributed by atoms with Crippen molar-refractivity contribution in [1.29, 1.82) is 0 Å². The number of amides is 1. The van der Waals surface area contributed by atoms with E-state index >= 15 is 0 Å². The van der Waals surface area contributed by atoms with Gasteiger partial charge in [0.15, 0.2) is 6.61 Å². The SMILES string of the molecule is O=C(COc1cccc([N+](=O)[O-])c1)N[C@@H]1CCOc2c(Br)cccc21. The third kappa shape index (κ3) is 4.08. The van der Waals surface area contributed by atoms with Crippen molar-refractivity contribution < 1.29 is 19.2 Å². The highest BCUT2D eigenvalue weighted by molar-refractivity contribution is 9.10. The lowest BCUT2D eigenvalue weighted by Gasteiger charge is -2.27. The van der Waals surface area contributed by atoms with Gasteiger partial charge in [-0.05, 0) is 28.1 Å². The summed E-state index contributed by atoms with van der Waals surface area (Å²) < 4.78 is 11.8. The zero-order chi connectivity index (χ0) is 17.8. The summed E-state index contributed by atoms with van der Waals surface area (Å²) in [5, 5.41) is 13.7. The largest absolute Gasteiger partial charge is 0.492 e. The topological polar surface area (TPSA) is 90.7 Å². The van der Waals surface area contributed by atoms with Crippen LogP contribution in [0.25, 0.3) is 0 Å². The number of nitro benzene ring substituents is 1. The van der Waals surface area contributed by atoms with E-state index in [-0.39, 0.29) is 30.0 Å². The average Bonchev–Trinajstić information content (AvgIpc) is 2.61. The highest BCUT2D eigenvalue weighted by Crippen LogP contribution is 2.37. The minimum atomic E-state index is -0.510. The van der Waals surface area contributed by atoms with Crippen LogP contribution in [0, 0.1) is 10.1 Å². The van der Waals surface area contributed by atoms with Crippen molar-refractivity contribution in [2.45, 2.75) is 12.5 Å². The number of halogens is 1. The van der Waals surface area contributed by atoms with Gasteiger partial charge < -0.3 is 14.8 Å². The maximum Gasteiger partial charge on any atom is 0.273 e. The fourth-order valence-electron chi connectivity index (χ4n) is 2.61. The van der Waals surface area contributed by atoms with Gasteiger partial charge >= 0.3 is 0 Å². The smallest absolute Gasteiger partial charge is 0.273 e. The number of nitrogens with one attached hydrogen (secondary N) is 1. The molecule has 2 aromatic rings. The number of non-ortho nitro benzene ring substituents is 1. The van der Waals surface area contributed by atoms with E-state index in [2.05, 4.69) is 21.2 Å². The Balaban J connectivity index is 1.62. The molecule has 0 bridgehead atoms. The molecule has 0 saturated carbocycles. The van der Waals surface area contributed by atoms with Gasteiger partial charge in [-0.1, -0.05) is 18.2 Å². The maximum absolute atomic E-state index is 12.2. The molecule has 1 atom stereocenters. The molecule has 1 amide bonds. The van der Waals surface area contributed by atoms with E-state index in [9.17, 15) is 14.9 Å². The molecule has 0 spiro atoms. The molecular weight excluding hydrogens is 392 g/mol. The summed E-state index contributed by atoms with van der Waals surface area (Å²) in [4.78, 5) is 22.4. The van der Waals surface area contributed by atoms with Crippen molar-refractivity contribution in [1.82, 2.24) is 5.32 Å². The lowest BCUT2D eigenvalue weighted by Crippen LogP contribution is -2.35. The molecule has 1 aliphatic rings. The second kappa shape index (κ2) is 7.52. The molecule has 0 saturated heterocycles. The van der Waals surface area contributed by atoms with Gasteiger partial charge in [0.25, 0.3) is 11.6 Å². The molecular formula is C17H15BrN2O5. The number of benzene rings is 2. The van der Waals surface area contributed by atoms with Gasteiger partial charge in [0.2, 0.25) is 0 Å². The van der Waals surface area contributed by atoms with Crippen molar-refractivity contribution in [2.75, 3.05) is 13.2 Å². The Labute approximate surface area is 152 Å². The van der Waals surface area contributed by atoms with Gasteiger partial charge in [0.1, 0.15) is 11.5 Å². The second-order valence-corrected chi connectivity index (χ2v) is 6.31. The summed E-state index contributed by atoms with van der Waals surface area (Å²) in [5.41, 5.74) is 0.824. The molecule has 0 aromatic heterocycles. The first-order chi connectivity index (χ1) is 12.0. The van der Waals surface area contributed by atoms with Crippen molar-refractivity contribution in [3.8, 4) is 11.5 Å². The van der Waals surface area contributed by atoms with E-state index in [0.717, 1.165) is 15.8 Å². The van der Waals surface area contributed by atoms with Gasteiger partial charge in [-0.3, -0.25) is 14.9 Å². The van der Waals surface area contributed by atoms with Crippen LogP contribution in [0.5, 0.6) is 11.5 Å². The Morgan fingerprint density at radius 3 is 2.96 bits per heavy atom. The van der Waals surface area contributed by atoms with Gasteiger partial charge in [0, 0.05) is 18.1 Å². The highest BCUT2D eigenvalue weighted by Gasteiger charge is 2.24. The molecule has 8 heteroatoms. The fraction of sp³-hybridized carbons (Fsp3) is 0.235. The van der Waals surface area contributed by atoms with E-state index in [1.54, 1.807) is 6.07 Å². The zero-order valence-corrected chi connectivity index (χ0v) is 14.7. The third-order valence-corrected chi connectivity index (χ3v) is 4.38. The van der Waals surface area contributed by atoms with Crippen molar-refractivity contribution in [2.24, 2.45) is 0 Å². The van der Waals surface area contributed by atoms with Gasteiger partial charge in [-0.25, -0.2) is 0 Å². The predicted molar refractivity (Wildman–Crippen MR) is 93.7 cm³/mol. The summed E-state index contributed by atoms with van der Waals surface area (Å²) in [5.74, 6) is 0.711. The van der Waals surface area contributed by atoms with Crippen LogP contribution in [-0.2, 0) is 4.79 Å². The van der Waals surface area contributed by atoms with Crippen molar-refractivity contribution >= 4 is 27.5 Å². The molecule has 2 aromatic carbocycles. The summed E-state index contributed by atoms with van der Waals surface area (Å²) in [6, 6.07) is 11.2. The Kier molecular flexibility index (Phi) is 5.18. The van der Waals surface area contributed by atoms with Crippen LogP contribution in [0.2, 0.25) is 0 Å². The number of nitro groups is 1. The highest BCUT2D eigenvalue weighted by atomic mass is 79.9. The van der Waals surface area contributed by atoms with Crippen LogP contribution in [0.15, 0.2) is 46.9 Å². The molecule has 1 N–H and O–H groups in total. The fourth-order valence-corrected chi connectivity index (χ4v) is 3.10. The van der Waals surface area contributed by atoms with E-state index in [1.807, 2.05) is 18.2 Å². The number of fused-ring (bicyclic) bond motifs is 1. The summed E-state index contributed by atoms with van der Waals surface area (Å²) >= 11 is 3.44. The molecule has 7 nitrogen and oxygen atoms in total. The van der Waals surface area contributed by atoms with Gasteiger partial charge in [0.05, 0.1) is 28.1 Å². The van der Waals surface area contributed by atoms with Crippen LogP contribution in [0.1, 0.15) is 18.0 Å². The Bertz CT molecular complexity index is 811. The standard InChI is InChI=1S/C17H15BrN2O5/c18-14-6-2-5-13-15(7-8-24-17(13)14)19-16(21)10-25-12-4-1-3-11(9-12)20(22)23/h1-6,9,15H,7-8,10H2,(H,19,21)/t15-/m1/s1. The van der Waals surface area contributed by atoms with Crippen LogP contribution < -0.4 is 14.8 Å². The Hall–Kier alpha value is -2.61. The van der Waals surface area contributed by atoms with E-state index in [0.29, 0.717) is 13.0 Å². The van der Waals surface area contributed by atoms with Crippen LogP contribution in [0.3, 0.4) is 0 Å². The first-order valence-corrected chi connectivity index (χ1v) is 8.41. The minimum Gasteiger partial charge on any atom is -0.492 e. The van der Waals surface area contributed by atoms with E-state index in [4.69, 9.17) is 9.47 Å². The molecule has 1 heterocycles. The van der Waals surface area contributed by atoms with Crippen molar-refractivity contribution in [3.05, 3.63) is 62.6 Å². The number of carbonyl (C=O) groups is 1. The first-order valence-electron chi connectivity index (χ1n) is 7.62. The molecule has 0 radical (unpaired) electrons. The van der Waals surface area contributed by atoms with Crippen LogP contribution in [0.4, 0.5) is 5.69 Å². The Morgan fingerprint density at radius 2 is 2.16 bits per heavy atom. The molecule has 25 heavy (non-hydrogen) atoms. The predicted octanol–water partition coefficient (Wildman–Crippen LogP) is 3.38. The number of nitrogens with zero attached hydrogens (tertiary/aromatic N) is 1. The normalized spacial score (nSPS) is 15.6. The molecule has 0 fully saturated rings. The summed E-state index contributed by atoms with van der Waals surface area (Å²) in [6.45, 7) is 0.286. The molecule has 3 rings (SSSR count). The van der Waals surface area contributed by atoms with Gasteiger partial charge in [-0.2, -0.15) is 0 Å². The molecule has 0 aliphatic carbocycles. The summed E-state index contributed by atoms with van der Waals surface area (Å²) in [7, 11) is 0. The number of rotatable bonds is 5. The molecule has 130 valence electrons. The second-order valence-electron chi connectivity index (χ2n) is 5.46. The van der Waals surface area contributed by atoms with Crippen molar-refractivity contribution in [3.63, 3.8) is 0 Å². The van der Waals surface area contributed by atoms with Crippen LogP contribution >= 0.6 is 15.9 Å². The number of hydrogen-bond acceptors (Lipinski definition) is 5. The van der Waals surface area contributed by atoms with E-state index in [1.165, 1.54) is 18.2 Å². The number of carbonyl (C=O) groups excluding carboxylic acids is 1. The third-order valence-electron chi connectivity index (χ3n) is 3.76. The first kappa shape index (κ1) is 17.2. The monoisotopic (exact) mass is 406 g/mol. The lowest BCUT2D eigenvalue weighted by atomic mass is 10.0. The zero-order valence-electron chi connectivity index (χ0n) is 13.1.